The van der Waals surface area contributed by atoms with E-state index in [2.05, 4.69) is 10.1 Å². The fraction of sp³-hybridized carbons (Fsp3) is 0.500. The lowest BCUT2D eigenvalue weighted by Crippen LogP contribution is -2.02. The van der Waals surface area contributed by atoms with Crippen LogP contribution in [0.15, 0.2) is 16.5 Å². The van der Waals surface area contributed by atoms with E-state index < -0.39 is 5.97 Å². The molecule has 1 saturated carbocycles. The highest BCUT2D eigenvalue weighted by atomic mass is 16.5. The monoisotopic (exact) mass is 195 g/mol. The molecule has 1 aliphatic carbocycles. The second-order valence-corrected chi connectivity index (χ2v) is 3.48. The minimum Gasteiger partial charge on any atom is -0.463 e. The molecular formula is C10H13NO3. The van der Waals surface area contributed by atoms with Crippen LogP contribution < -0.4 is 5.32 Å². The summed E-state index contributed by atoms with van der Waals surface area (Å²) in [7, 11) is 1.34. The molecule has 0 aliphatic heterocycles. The predicted molar refractivity (Wildman–Crippen MR) is 51.3 cm³/mol. The van der Waals surface area contributed by atoms with Crippen LogP contribution in [0.1, 0.15) is 23.4 Å². The molecule has 1 fully saturated rings. The third kappa shape index (κ3) is 2.07. The first kappa shape index (κ1) is 9.12. The maximum Gasteiger partial charge on any atom is 0.374 e. The molecule has 14 heavy (non-hydrogen) atoms. The first-order chi connectivity index (χ1) is 6.79. The summed E-state index contributed by atoms with van der Waals surface area (Å²) in [5, 5.41) is 3.13. The minimum absolute atomic E-state index is 0.241. The molecule has 0 atom stereocenters. The van der Waals surface area contributed by atoms with E-state index >= 15 is 0 Å². The van der Waals surface area contributed by atoms with Gasteiger partial charge < -0.3 is 14.5 Å². The molecule has 0 radical (unpaired) electrons. The average molecular weight is 195 g/mol. The van der Waals surface area contributed by atoms with Crippen LogP contribution in [-0.2, 0) is 4.74 Å². The summed E-state index contributed by atoms with van der Waals surface area (Å²) < 4.78 is 9.76. The molecular weight excluding hydrogens is 182 g/mol. The molecule has 0 amide bonds. The van der Waals surface area contributed by atoms with Crippen molar-refractivity contribution in [1.82, 2.24) is 0 Å². The number of carbonyl (C=O) groups is 1. The summed E-state index contributed by atoms with van der Waals surface area (Å²) in [6.45, 7) is 0.925. The van der Waals surface area contributed by atoms with Gasteiger partial charge in [-0.05, 0) is 24.8 Å². The normalized spacial score (nSPS) is 15.2. The average Bonchev–Trinajstić information content (AvgIpc) is 2.92. The van der Waals surface area contributed by atoms with Gasteiger partial charge in [-0.3, -0.25) is 0 Å². The smallest absolute Gasteiger partial charge is 0.374 e. The van der Waals surface area contributed by atoms with Gasteiger partial charge in [-0.25, -0.2) is 4.79 Å². The van der Waals surface area contributed by atoms with Crippen LogP contribution in [0.2, 0.25) is 0 Å². The van der Waals surface area contributed by atoms with Crippen molar-refractivity contribution in [1.29, 1.82) is 0 Å². The van der Waals surface area contributed by atoms with Crippen LogP contribution in [0, 0.1) is 5.92 Å². The summed E-state index contributed by atoms with van der Waals surface area (Å²) in [4.78, 5) is 11.0. The zero-order valence-corrected chi connectivity index (χ0v) is 8.08. The predicted octanol–water partition coefficient (Wildman–Crippen LogP) is 1.89. The summed E-state index contributed by atoms with van der Waals surface area (Å²) >= 11 is 0. The largest absolute Gasteiger partial charge is 0.463 e. The minimum atomic E-state index is -0.440. The number of rotatable bonds is 4. The van der Waals surface area contributed by atoms with E-state index in [1.807, 2.05) is 0 Å². The van der Waals surface area contributed by atoms with Gasteiger partial charge in [0.15, 0.2) is 5.88 Å². The van der Waals surface area contributed by atoms with Crippen molar-refractivity contribution in [2.45, 2.75) is 12.8 Å². The Bertz CT molecular complexity index is 328. The number of nitrogens with one attached hydrogen (secondary N) is 1. The van der Waals surface area contributed by atoms with Crippen LogP contribution in [0.5, 0.6) is 0 Å². The molecule has 1 aliphatic rings. The van der Waals surface area contributed by atoms with Gasteiger partial charge in [0.05, 0.1) is 7.11 Å². The second-order valence-electron chi connectivity index (χ2n) is 3.48. The van der Waals surface area contributed by atoms with Crippen molar-refractivity contribution >= 4 is 11.9 Å². The van der Waals surface area contributed by atoms with Crippen LogP contribution in [-0.4, -0.2) is 19.6 Å². The first-order valence-electron chi connectivity index (χ1n) is 4.71. The quantitative estimate of drug-likeness (QED) is 0.745. The zero-order chi connectivity index (χ0) is 9.97. The lowest BCUT2D eigenvalue weighted by atomic mass is 10.4. The topological polar surface area (TPSA) is 51.5 Å². The molecule has 0 aromatic carbocycles. The van der Waals surface area contributed by atoms with Crippen LogP contribution >= 0.6 is 0 Å². The van der Waals surface area contributed by atoms with E-state index in [0.717, 1.165) is 12.5 Å². The standard InChI is InChI=1S/C10H13NO3/c1-13-10(12)8-4-5-9(14-8)11-6-7-2-3-7/h4-5,7,11H,2-3,6H2,1H3. The number of hydrogen-bond donors (Lipinski definition) is 1. The Hall–Kier alpha value is -1.45. The Kier molecular flexibility index (Phi) is 2.43. The van der Waals surface area contributed by atoms with Crippen LogP contribution in [0.4, 0.5) is 5.88 Å². The Morgan fingerprint density at radius 2 is 2.43 bits per heavy atom. The molecule has 1 aromatic heterocycles. The van der Waals surface area contributed by atoms with E-state index in [1.54, 1.807) is 12.1 Å². The van der Waals surface area contributed by atoms with Crippen molar-refractivity contribution < 1.29 is 13.9 Å². The third-order valence-corrected chi connectivity index (χ3v) is 2.25. The molecule has 0 bridgehead atoms. The molecule has 1 heterocycles. The number of furan rings is 1. The van der Waals surface area contributed by atoms with Gasteiger partial charge >= 0.3 is 5.97 Å². The van der Waals surface area contributed by atoms with Crippen molar-refractivity contribution in [3.63, 3.8) is 0 Å². The summed E-state index contributed by atoms with van der Waals surface area (Å²) in [6.07, 6.45) is 2.58. The van der Waals surface area contributed by atoms with Gasteiger partial charge in [-0.15, -0.1) is 0 Å². The highest BCUT2D eigenvalue weighted by Crippen LogP contribution is 2.29. The molecule has 0 unspecified atom stereocenters. The van der Waals surface area contributed by atoms with E-state index in [0.29, 0.717) is 5.88 Å². The third-order valence-electron chi connectivity index (χ3n) is 2.25. The molecule has 4 heteroatoms. The number of carbonyl (C=O) groups excluding carboxylic acids is 1. The van der Waals surface area contributed by atoms with E-state index in [9.17, 15) is 4.79 Å². The Morgan fingerprint density at radius 1 is 1.64 bits per heavy atom. The lowest BCUT2D eigenvalue weighted by Gasteiger charge is -1.99. The fourth-order valence-electron chi connectivity index (χ4n) is 1.21. The highest BCUT2D eigenvalue weighted by molar-refractivity contribution is 5.86. The number of esters is 1. The Labute approximate surface area is 82.2 Å². The van der Waals surface area contributed by atoms with Gasteiger partial charge in [0, 0.05) is 12.6 Å². The van der Waals surface area contributed by atoms with Crippen molar-refractivity contribution in [2.75, 3.05) is 19.0 Å². The number of ether oxygens (including phenoxy) is 1. The molecule has 76 valence electrons. The van der Waals surface area contributed by atoms with E-state index in [1.165, 1.54) is 20.0 Å². The SMILES string of the molecule is COC(=O)c1ccc(NCC2CC2)o1. The van der Waals surface area contributed by atoms with Gasteiger partial charge in [-0.2, -0.15) is 0 Å². The lowest BCUT2D eigenvalue weighted by molar-refractivity contribution is 0.0566. The molecule has 1 N–H and O–H groups in total. The van der Waals surface area contributed by atoms with Gasteiger partial charge in [-0.1, -0.05) is 0 Å². The van der Waals surface area contributed by atoms with Crippen LogP contribution in [0.3, 0.4) is 0 Å². The maximum atomic E-state index is 11.0. The van der Waals surface area contributed by atoms with Crippen molar-refractivity contribution in [3.05, 3.63) is 17.9 Å². The summed E-state index contributed by atoms with van der Waals surface area (Å²) in [5.41, 5.74) is 0. The first-order valence-corrected chi connectivity index (χ1v) is 4.71. The van der Waals surface area contributed by atoms with Gasteiger partial charge in [0.1, 0.15) is 0 Å². The van der Waals surface area contributed by atoms with Gasteiger partial charge in [0.2, 0.25) is 5.76 Å². The molecule has 0 saturated heterocycles. The Morgan fingerprint density at radius 3 is 3.07 bits per heavy atom. The molecule has 4 nitrogen and oxygen atoms in total. The molecule has 2 rings (SSSR count). The fourth-order valence-corrected chi connectivity index (χ4v) is 1.21. The van der Waals surface area contributed by atoms with Gasteiger partial charge in [0.25, 0.3) is 0 Å². The highest BCUT2D eigenvalue weighted by Gasteiger charge is 2.21. The summed E-state index contributed by atoms with van der Waals surface area (Å²) in [6, 6.07) is 3.36. The molecule has 1 aromatic rings. The number of methoxy groups -OCH3 is 1. The van der Waals surface area contributed by atoms with Crippen molar-refractivity contribution in [3.8, 4) is 0 Å². The van der Waals surface area contributed by atoms with Crippen molar-refractivity contribution in [2.24, 2.45) is 5.92 Å². The van der Waals surface area contributed by atoms with Crippen LogP contribution in [0.25, 0.3) is 0 Å². The van der Waals surface area contributed by atoms with E-state index in [-0.39, 0.29) is 5.76 Å². The molecule has 0 spiro atoms. The maximum absolute atomic E-state index is 11.0. The summed E-state index contributed by atoms with van der Waals surface area (Å²) in [5.74, 6) is 1.22. The van der Waals surface area contributed by atoms with E-state index in [4.69, 9.17) is 4.42 Å². The number of hydrogen-bond acceptors (Lipinski definition) is 4. The zero-order valence-electron chi connectivity index (χ0n) is 8.08. The Balaban J connectivity index is 1.91. The second kappa shape index (κ2) is 3.74. The number of anilines is 1.